The highest BCUT2D eigenvalue weighted by Crippen LogP contribution is 2.12. The first kappa shape index (κ1) is 17.3. The van der Waals surface area contributed by atoms with Crippen molar-refractivity contribution in [3.63, 3.8) is 0 Å². The number of pyridine rings is 1. The minimum atomic E-state index is -0.449. The molecule has 1 aromatic heterocycles. The number of Topliss-reactive ketones (excluding diaryl/α,β-unsaturated/α-hetero) is 1. The Kier molecular flexibility index (Phi) is 5.42. The largest absolute Gasteiger partial charge is 0.349 e. The van der Waals surface area contributed by atoms with E-state index in [1.165, 1.54) is 13.0 Å². The van der Waals surface area contributed by atoms with Gasteiger partial charge in [0.25, 0.3) is 11.8 Å². The lowest BCUT2D eigenvalue weighted by Gasteiger charge is -2.09. The highest BCUT2D eigenvalue weighted by molar-refractivity contribution is 6.04. The summed E-state index contributed by atoms with van der Waals surface area (Å²) in [4.78, 5) is 39.7. The molecule has 6 nitrogen and oxygen atoms in total. The number of hydrogen-bond donors (Lipinski definition) is 2. The van der Waals surface area contributed by atoms with Crippen molar-refractivity contribution in [3.8, 4) is 0 Å². The predicted octanol–water partition coefficient (Wildman–Crippen LogP) is 2.67. The molecule has 1 heterocycles. The topological polar surface area (TPSA) is 88.2 Å². The highest BCUT2D eigenvalue weighted by Gasteiger charge is 2.13. The van der Waals surface area contributed by atoms with Crippen molar-refractivity contribution in [2.24, 2.45) is 0 Å². The van der Waals surface area contributed by atoms with Crippen LogP contribution in [0.4, 0.5) is 5.69 Å². The van der Waals surface area contributed by atoms with Crippen molar-refractivity contribution < 1.29 is 14.4 Å². The van der Waals surface area contributed by atoms with E-state index < -0.39 is 5.91 Å². The van der Waals surface area contributed by atoms with Crippen LogP contribution < -0.4 is 10.6 Å². The van der Waals surface area contributed by atoms with Gasteiger partial charge in [-0.15, -0.1) is 0 Å². The molecule has 24 heavy (non-hydrogen) atoms. The molecule has 2 rings (SSSR count). The Labute approximate surface area is 140 Å². The van der Waals surface area contributed by atoms with Gasteiger partial charge in [0.1, 0.15) is 11.4 Å². The van der Waals surface area contributed by atoms with Crippen molar-refractivity contribution in [2.75, 3.05) is 5.32 Å². The zero-order valence-electron chi connectivity index (χ0n) is 13.8. The van der Waals surface area contributed by atoms with Gasteiger partial charge in [-0.1, -0.05) is 18.2 Å². The van der Waals surface area contributed by atoms with Crippen molar-refractivity contribution in [1.29, 1.82) is 0 Å². The molecule has 1 aromatic carbocycles. The van der Waals surface area contributed by atoms with Gasteiger partial charge in [-0.05, 0) is 45.0 Å². The predicted molar refractivity (Wildman–Crippen MR) is 91.2 cm³/mol. The first-order chi connectivity index (χ1) is 11.4. The van der Waals surface area contributed by atoms with Gasteiger partial charge in [-0.25, -0.2) is 4.98 Å². The summed E-state index contributed by atoms with van der Waals surface area (Å²) in [5.74, 6) is -0.871. The molecule has 0 spiro atoms. The van der Waals surface area contributed by atoms with Gasteiger partial charge in [-0.3, -0.25) is 14.4 Å². The monoisotopic (exact) mass is 325 g/mol. The van der Waals surface area contributed by atoms with Gasteiger partial charge >= 0.3 is 0 Å². The molecule has 2 aromatic rings. The van der Waals surface area contributed by atoms with Gasteiger partial charge in [0, 0.05) is 17.3 Å². The zero-order valence-corrected chi connectivity index (χ0v) is 13.8. The zero-order chi connectivity index (χ0) is 17.7. The third-order valence-electron chi connectivity index (χ3n) is 3.16. The fourth-order valence-corrected chi connectivity index (χ4v) is 2.03. The van der Waals surface area contributed by atoms with Crippen molar-refractivity contribution >= 4 is 23.3 Å². The molecule has 0 aliphatic heterocycles. The van der Waals surface area contributed by atoms with Crippen LogP contribution in [-0.4, -0.2) is 28.6 Å². The SMILES string of the molecule is CC(=O)c1cccc(NC(=O)c2cccc(C(=O)NC(C)C)n2)c1. The first-order valence-corrected chi connectivity index (χ1v) is 7.57. The summed E-state index contributed by atoms with van der Waals surface area (Å²) in [6.07, 6.45) is 0. The standard InChI is InChI=1S/C18H19N3O3/c1-11(2)19-17(23)15-8-5-9-16(21-15)18(24)20-14-7-4-6-13(10-14)12(3)22/h4-11H,1-3H3,(H,19,23)(H,20,24). The van der Waals surface area contributed by atoms with Gasteiger partial charge in [-0.2, -0.15) is 0 Å². The summed E-state index contributed by atoms with van der Waals surface area (Å²) < 4.78 is 0. The normalized spacial score (nSPS) is 10.3. The Hall–Kier alpha value is -3.02. The maximum atomic E-state index is 12.3. The molecule has 124 valence electrons. The van der Waals surface area contributed by atoms with Gasteiger partial charge < -0.3 is 10.6 Å². The van der Waals surface area contributed by atoms with Crippen LogP contribution in [0.2, 0.25) is 0 Å². The molecular weight excluding hydrogens is 306 g/mol. The van der Waals surface area contributed by atoms with Crippen LogP contribution in [0.3, 0.4) is 0 Å². The number of benzene rings is 1. The molecule has 6 heteroatoms. The smallest absolute Gasteiger partial charge is 0.274 e. The number of amides is 2. The molecule has 0 atom stereocenters. The highest BCUT2D eigenvalue weighted by atomic mass is 16.2. The van der Waals surface area contributed by atoms with Crippen LogP contribution in [0.15, 0.2) is 42.5 Å². The lowest BCUT2D eigenvalue weighted by atomic mass is 10.1. The average Bonchev–Trinajstić information content (AvgIpc) is 2.54. The maximum Gasteiger partial charge on any atom is 0.274 e. The Morgan fingerprint density at radius 3 is 2.21 bits per heavy atom. The van der Waals surface area contributed by atoms with Crippen molar-refractivity contribution in [3.05, 3.63) is 59.4 Å². The molecule has 0 bridgehead atoms. The number of anilines is 1. The fourth-order valence-electron chi connectivity index (χ4n) is 2.03. The molecule has 0 fully saturated rings. The molecule has 0 aliphatic carbocycles. The van der Waals surface area contributed by atoms with E-state index in [9.17, 15) is 14.4 Å². The molecule has 2 amide bonds. The van der Waals surface area contributed by atoms with Crippen LogP contribution in [0.5, 0.6) is 0 Å². The van der Waals surface area contributed by atoms with E-state index in [1.54, 1.807) is 36.4 Å². The number of ketones is 1. The Morgan fingerprint density at radius 1 is 0.958 bits per heavy atom. The molecule has 0 radical (unpaired) electrons. The second-order valence-electron chi connectivity index (χ2n) is 5.63. The first-order valence-electron chi connectivity index (χ1n) is 7.57. The summed E-state index contributed by atoms with van der Waals surface area (Å²) in [5, 5.41) is 5.40. The number of carbonyl (C=O) groups excluding carboxylic acids is 3. The maximum absolute atomic E-state index is 12.3. The van der Waals surface area contributed by atoms with Crippen LogP contribution in [-0.2, 0) is 0 Å². The van der Waals surface area contributed by atoms with E-state index >= 15 is 0 Å². The Morgan fingerprint density at radius 2 is 1.58 bits per heavy atom. The number of hydrogen-bond acceptors (Lipinski definition) is 4. The Balaban J connectivity index is 2.17. The molecule has 0 saturated heterocycles. The number of rotatable bonds is 5. The van der Waals surface area contributed by atoms with E-state index in [0.29, 0.717) is 11.3 Å². The fraction of sp³-hybridized carbons (Fsp3) is 0.222. The van der Waals surface area contributed by atoms with Gasteiger partial charge in [0.2, 0.25) is 0 Å². The van der Waals surface area contributed by atoms with E-state index in [1.807, 2.05) is 13.8 Å². The van der Waals surface area contributed by atoms with Crippen LogP contribution in [0.25, 0.3) is 0 Å². The van der Waals surface area contributed by atoms with E-state index in [4.69, 9.17) is 0 Å². The molecule has 0 aliphatic rings. The molecular formula is C18H19N3O3. The van der Waals surface area contributed by atoms with E-state index in [-0.39, 0.29) is 29.1 Å². The third kappa shape index (κ3) is 4.49. The summed E-state index contributed by atoms with van der Waals surface area (Å²) in [6, 6.07) is 11.3. The minimum Gasteiger partial charge on any atom is -0.349 e. The molecule has 0 saturated carbocycles. The Bertz CT molecular complexity index is 785. The average molecular weight is 325 g/mol. The second-order valence-corrected chi connectivity index (χ2v) is 5.63. The quantitative estimate of drug-likeness (QED) is 0.827. The van der Waals surface area contributed by atoms with Crippen LogP contribution >= 0.6 is 0 Å². The summed E-state index contributed by atoms with van der Waals surface area (Å²) in [7, 11) is 0. The van der Waals surface area contributed by atoms with Gasteiger partial charge in [0.15, 0.2) is 5.78 Å². The molecule has 0 unspecified atom stereocenters. The van der Waals surface area contributed by atoms with E-state index in [0.717, 1.165) is 0 Å². The van der Waals surface area contributed by atoms with Crippen molar-refractivity contribution in [2.45, 2.75) is 26.8 Å². The lowest BCUT2D eigenvalue weighted by Crippen LogP contribution is -2.31. The summed E-state index contributed by atoms with van der Waals surface area (Å²) in [5.41, 5.74) is 1.30. The summed E-state index contributed by atoms with van der Waals surface area (Å²) >= 11 is 0. The van der Waals surface area contributed by atoms with E-state index in [2.05, 4.69) is 15.6 Å². The number of nitrogens with one attached hydrogen (secondary N) is 2. The van der Waals surface area contributed by atoms with Gasteiger partial charge in [0.05, 0.1) is 0 Å². The summed E-state index contributed by atoms with van der Waals surface area (Å²) in [6.45, 7) is 5.15. The minimum absolute atomic E-state index is 0.0221. The number of nitrogens with zero attached hydrogens (tertiary/aromatic N) is 1. The number of carbonyl (C=O) groups is 3. The number of aromatic nitrogens is 1. The van der Waals surface area contributed by atoms with Crippen LogP contribution in [0, 0.1) is 0 Å². The second kappa shape index (κ2) is 7.50. The molecule has 2 N–H and O–H groups in total. The van der Waals surface area contributed by atoms with Crippen molar-refractivity contribution in [1.82, 2.24) is 10.3 Å². The third-order valence-corrected chi connectivity index (χ3v) is 3.16. The lowest BCUT2D eigenvalue weighted by molar-refractivity contribution is 0.0937. The van der Waals surface area contributed by atoms with Crippen LogP contribution in [0.1, 0.15) is 52.1 Å².